The maximum Gasteiger partial charge on any atom is 0.305 e. The van der Waals surface area contributed by atoms with Crippen LogP contribution in [0, 0.1) is 11.8 Å². The van der Waals surface area contributed by atoms with Crippen LogP contribution < -0.4 is 0 Å². The largest absolute Gasteiger partial charge is 0.465 e. The average molecular weight is 347 g/mol. The minimum atomic E-state index is -0.00793. The van der Waals surface area contributed by atoms with E-state index in [0.717, 1.165) is 25.7 Å². The van der Waals surface area contributed by atoms with E-state index in [1.807, 2.05) is 0 Å². The van der Waals surface area contributed by atoms with E-state index in [9.17, 15) is 4.79 Å². The van der Waals surface area contributed by atoms with Crippen LogP contribution in [0.3, 0.4) is 0 Å². The second kappa shape index (κ2) is 13.9. The SMILES string of the molecule is CCCCC(CC)COC(=O)CCCC(C)CCCc1ccccc1. The number of ether oxygens (including phenoxy) is 1. The zero-order valence-corrected chi connectivity index (χ0v) is 16.6. The molecule has 0 aromatic heterocycles. The van der Waals surface area contributed by atoms with E-state index >= 15 is 0 Å². The minimum Gasteiger partial charge on any atom is -0.465 e. The molecule has 0 N–H and O–H groups in total. The summed E-state index contributed by atoms with van der Waals surface area (Å²) in [5.74, 6) is 1.22. The second-order valence-electron chi connectivity index (χ2n) is 7.47. The molecule has 142 valence electrons. The van der Waals surface area contributed by atoms with Crippen LogP contribution in [0.25, 0.3) is 0 Å². The van der Waals surface area contributed by atoms with Crippen molar-refractivity contribution in [2.45, 2.75) is 85.0 Å². The Kier molecular flexibility index (Phi) is 12.1. The Balaban J connectivity index is 2.05. The topological polar surface area (TPSA) is 26.3 Å². The van der Waals surface area contributed by atoms with Gasteiger partial charge in [0.1, 0.15) is 0 Å². The minimum absolute atomic E-state index is 0.00793. The van der Waals surface area contributed by atoms with Gasteiger partial charge in [0, 0.05) is 6.42 Å². The van der Waals surface area contributed by atoms with Crippen molar-refractivity contribution in [3.05, 3.63) is 35.9 Å². The molecule has 2 nitrogen and oxygen atoms in total. The molecule has 1 rings (SSSR count). The highest BCUT2D eigenvalue weighted by Crippen LogP contribution is 2.17. The number of benzene rings is 1. The molecule has 0 amide bonds. The Morgan fingerprint density at radius 2 is 1.72 bits per heavy atom. The molecule has 0 spiro atoms. The highest BCUT2D eigenvalue weighted by Gasteiger charge is 2.11. The molecule has 0 aliphatic carbocycles. The highest BCUT2D eigenvalue weighted by molar-refractivity contribution is 5.69. The predicted octanol–water partition coefficient (Wildman–Crippen LogP) is 6.58. The van der Waals surface area contributed by atoms with Crippen LogP contribution in [0.5, 0.6) is 0 Å². The third kappa shape index (κ3) is 11.0. The number of unbranched alkanes of at least 4 members (excludes halogenated alkanes) is 1. The maximum absolute atomic E-state index is 11.9. The predicted molar refractivity (Wildman–Crippen MR) is 107 cm³/mol. The Morgan fingerprint density at radius 3 is 2.40 bits per heavy atom. The third-order valence-corrected chi connectivity index (χ3v) is 5.11. The third-order valence-electron chi connectivity index (χ3n) is 5.11. The summed E-state index contributed by atoms with van der Waals surface area (Å²) in [5, 5.41) is 0. The summed E-state index contributed by atoms with van der Waals surface area (Å²) in [5.41, 5.74) is 1.42. The van der Waals surface area contributed by atoms with Gasteiger partial charge in [0.25, 0.3) is 0 Å². The summed E-state index contributed by atoms with van der Waals surface area (Å²) in [6.45, 7) is 7.31. The van der Waals surface area contributed by atoms with Crippen molar-refractivity contribution in [2.75, 3.05) is 6.61 Å². The van der Waals surface area contributed by atoms with Gasteiger partial charge in [0.2, 0.25) is 0 Å². The normalized spacial score (nSPS) is 13.4. The van der Waals surface area contributed by atoms with Crippen molar-refractivity contribution in [1.29, 1.82) is 0 Å². The van der Waals surface area contributed by atoms with Gasteiger partial charge in [0.15, 0.2) is 0 Å². The van der Waals surface area contributed by atoms with Gasteiger partial charge in [-0.3, -0.25) is 4.79 Å². The standard InChI is InChI=1S/C23H38O2/c1-4-6-14-21(5-2)19-25-23(24)18-11-13-20(3)12-10-17-22-15-8-7-9-16-22/h7-9,15-16,20-21H,4-6,10-14,17-19H2,1-3H3. The first-order chi connectivity index (χ1) is 12.2. The summed E-state index contributed by atoms with van der Waals surface area (Å²) < 4.78 is 5.47. The first kappa shape index (κ1) is 21.7. The van der Waals surface area contributed by atoms with Gasteiger partial charge in [-0.1, -0.05) is 83.2 Å². The molecule has 0 saturated carbocycles. The average Bonchev–Trinajstić information content (AvgIpc) is 2.63. The number of rotatable bonds is 14. The highest BCUT2D eigenvalue weighted by atomic mass is 16.5. The lowest BCUT2D eigenvalue weighted by Gasteiger charge is -2.15. The zero-order chi connectivity index (χ0) is 18.3. The van der Waals surface area contributed by atoms with Crippen LogP contribution in [-0.2, 0) is 16.0 Å². The Morgan fingerprint density at radius 1 is 1.00 bits per heavy atom. The number of carbonyl (C=O) groups is 1. The van der Waals surface area contributed by atoms with Crippen LogP contribution in [0.2, 0.25) is 0 Å². The van der Waals surface area contributed by atoms with Crippen LogP contribution in [0.1, 0.15) is 84.1 Å². The van der Waals surface area contributed by atoms with Gasteiger partial charge >= 0.3 is 5.97 Å². The van der Waals surface area contributed by atoms with Gasteiger partial charge in [0.05, 0.1) is 6.61 Å². The number of aryl methyl sites for hydroxylation is 1. The molecular weight excluding hydrogens is 308 g/mol. The summed E-state index contributed by atoms with van der Waals surface area (Å²) in [6, 6.07) is 10.7. The first-order valence-electron chi connectivity index (χ1n) is 10.3. The lowest BCUT2D eigenvalue weighted by molar-refractivity contribution is -0.145. The molecule has 1 aromatic carbocycles. The van der Waals surface area contributed by atoms with Crippen molar-refractivity contribution < 1.29 is 9.53 Å². The molecule has 0 saturated heterocycles. The fourth-order valence-corrected chi connectivity index (χ4v) is 3.22. The van der Waals surface area contributed by atoms with Gasteiger partial charge in [-0.05, 0) is 43.1 Å². The molecule has 0 fully saturated rings. The van der Waals surface area contributed by atoms with Crippen molar-refractivity contribution in [3.8, 4) is 0 Å². The Bertz CT molecular complexity index is 441. The van der Waals surface area contributed by atoms with Crippen molar-refractivity contribution in [3.63, 3.8) is 0 Å². The summed E-state index contributed by atoms with van der Waals surface area (Å²) in [6.07, 6.45) is 11.0. The molecule has 0 bridgehead atoms. The maximum atomic E-state index is 11.9. The van der Waals surface area contributed by atoms with E-state index in [0.29, 0.717) is 24.9 Å². The molecule has 2 heteroatoms. The van der Waals surface area contributed by atoms with E-state index in [2.05, 4.69) is 51.1 Å². The quantitative estimate of drug-likeness (QED) is 0.356. The fourth-order valence-electron chi connectivity index (χ4n) is 3.22. The van der Waals surface area contributed by atoms with Crippen molar-refractivity contribution in [1.82, 2.24) is 0 Å². The monoisotopic (exact) mass is 346 g/mol. The molecule has 0 aliphatic heterocycles. The number of hydrogen-bond acceptors (Lipinski definition) is 2. The zero-order valence-electron chi connectivity index (χ0n) is 16.6. The molecular formula is C23H38O2. The number of carbonyl (C=O) groups excluding carboxylic acids is 1. The van der Waals surface area contributed by atoms with Gasteiger partial charge in [-0.15, -0.1) is 0 Å². The van der Waals surface area contributed by atoms with Crippen LogP contribution in [-0.4, -0.2) is 12.6 Å². The molecule has 0 aliphatic rings. The summed E-state index contributed by atoms with van der Waals surface area (Å²) in [4.78, 5) is 11.9. The molecule has 2 unspecified atom stereocenters. The molecule has 25 heavy (non-hydrogen) atoms. The van der Waals surface area contributed by atoms with Gasteiger partial charge in [-0.2, -0.15) is 0 Å². The van der Waals surface area contributed by atoms with E-state index in [-0.39, 0.29) is 5.97 Å². The van der Waals surface area contributed by atoms with Crippen molar-refractivity contribution in [2.24, 2.45) is 11.8 Å². The molecule has 0 radical (unpaired) electrons. The lowest BCUT2D eigenvalue weighted by atomic mass is 9.96. The summed E-state index contributed by atoms with van der Waals surface area (Å²) >= 11 is 0. The van der Waals surface area contributed by atoms with Crippen molar-refractivity contribution >= 4 is 5.97 Å². The lowest BCUT2D eigenvalue weighted by Crippen LogP contribution is -2.14. The van der Waals surface area contributed by atoms with E-state index in [1.165, 1.54) is 37.7 Å². The number of hydrogen-bond donors (Lipinski definition) is 0. The Labute approximate surface area is 155 Å². The molecule has 1 aromatic rings. The second-order valence-corrected chi connectivity index (χ2v) is 7.47. The molecule has 2 atom stereocenters. The van der Waals surface area contributed by atoms with Crippen LogP contribution >= 0.6 is 0 Å². The van der Waals surface area contributed by atoms with Crippen LogP contribution in [0.15, 0.2) is 30.3 Å². The Hall–Kier alpha value is -1.31. The molecule has 0 heterocycles. The van der Waals surface area contributed by atoms with E-state index < -0.39 is 0 Å². The number of esters is 1. The summed E-state index contributed by atoms with van der Waals surface area (Å²) in [7, 11) is 0. The van der Waals surface area contributed by atoms with E-state index in [1.54, 1.807) is 0 Å². The van der Waals surface area contributed by atoms with Gasteiger partial charge < -0.3 is 4.74 Å². The fraction of sp³-hybridized carbons (Fsp3) is 0.696. The van der Waals surface area contributed by atoms with Crippen LogP contribution in [0.4, 0.5) is 0 Å². The smallest absolute Gasteiger partial charge is 0.305 e. The van der Waals surface area contributed by atoms with E-state index in [4.69, 9.17) is 4.74 Å². The van der Waals surface area contributed by atoms with Gasteiger partial charge in [-0.25, -0.2) is 0 Å². The first-order valence-corrected chi connectivity index (χ1v) is 10.3.